The van der Waals surface area contributed by atoms with Gasteiger partial charge in [-0.15, -0.1) is 0 Å². The Hall–Kier alpha value is -1.10. The molecule has 0 atom stereocenters. The average Bonchev–Trinajstić information content (AvgIpc) is 2.58. The highest BCUT2D eigenvalue weighted by molar-refractivity contribution is 9.10. The summed E-state index contributed by atoms with van der Waals surface area (Å²) in [6, 6.07) is 1.61. The van der Waals surface area contributed by atoms with E-state index in [-0.39, 0.29) is 11.1 Å². The van der Waals surface area contributed by atoms with Gasteiger partial charge >= 0.3 is 5.97 Å². The molecule has 1 aromatic rings. The molecule has 1 saturated heterocycles. The highest BCUT2D eigenvalue weighted by Gasteiger charge is 2.34. The first-order chi connectivity index (χ1) is 7.92. The van der Waals surface area contributed by atoms with Gasteiger partial charge in [-0.25, -0.2) is 9.78 Å². The van der Waals surface area contributed by atoms with Crippen molar-refractivity contribution in [3.05, 3.63) is 22.3 Å². The highest BCUT2D eigenvalue weighted by Crippen LogP contribution is 2.34. The molecule has 0 spiro atoms. The molecule has 0 aliphatic carbocycles. The van der Waals surface area contributed by atoms with E-state index in [0.29, 0.717) is 10.3 Å². The molecule has 0 bridgehead atoms. The fraction of sp³-hybridized carbons (Fsp3) is 0.500. The second-order valence-corrected chi connectivity index (χ2v) is 5.81. The van der Waals surface area contributed by atoms with E-state index >= 15 is 0 Å². The van der Waals surface area contributed by atoms with E-state index in [4.69, 9.17) is 0 Å². The van der Waals surface area contributed by atoms with Gasteiger partial charge in [0, 0.05) is 22.8 Å². The normalized spacial score (nSPS) is 18.4. The molecule has 5 heteroatoms. The van der Waals surface area contributed by atoms with Gasteiger partial charge in [0.2, 0.25) is 0 Å². The highest BCUT2D eigenvalue weighted by atomic mass is 79.9. The van der Waals surface area contributed by atoms with Gasteiger partial charge in [0.25, 0.3) is 0 Å². The molecular weight excluding hydrogens is 284 g/mol. The number of carboxylic acids is 1. The molecular formula is C12H15BrN2O2. The first-order valence-electron chi connectivity index (χ1n) is 5.58. The van der Waals surface area contributed by atoms with Crippen molar-refractivity contribution in [2.75, 3.05) is 11.4 Å². The van der Waals surface area contributed by atoms with E-state index in [0.717, 1.165) is 19.4 Å². The quantitative estimate of drug-likeness (QED) is 0.912. The molecule has 2 heterocycles. The zero-order valence-electron chi connectivity index (χ0n) is 9.90. The Balaban J connectivity index is 2.48. The Kier molecular flexibility index (Phi) is 3.12. The predicted octanol–water partition coefficient (Wildman–Crippen LogP) is 2.92. The van der Waals surface area contributed by atoms with Crippen molar-refractivity contribution >= 4 is 27.7 Å². The Morgan fingerprint density at radius 1 is 1.59 bits per heavy atom. The lowest BCUT2D eigenvalue weighted by Crippen LogP contribution is -2.39. The topological polar surface area (TPSA) is 53.4 Å². The third-order valence-electron chi connectivity index (χ3n) is 3.22. The van der Waals surface area contributed by atoms with E-state index in [9.17, 15) is 9.90 Å². The summed E-state index contributed by atoms with van der Waals surface area (Å²) in [6.45, 7) is 5.10. The first-order valence-corrected chi connectivity index (χ1v) is 6.37. The van der Waals surface area contributed by atoms with Crippen LogP contribution in [0.4, 0.5) is 5.82 Å². The van der Waals surface area contributed by atoms with Gasteiger partial charge in [-0.3, -0.25) is 0 Å². The molecule has 0 saturated carbocycles. The number of nitrogens with zero attached hydrogens (tertiary/aromatic N) is 2. The smallest absolute Gasteiger partial charge is 0.339 e. The third kappa shape index (κ3) is 2.29. The van der Waals surface area contributed by atoms with Crippen molar-refractivity contribution < 1.29 is 9.90 Å². The van der Waals surface area contributed by atoms with E-state index in [1.54, 1.807) is 12.3 Å². The van der Waals surface area contributed by atoms with Crippen molar-refractivity contribution in [2.45, 2.75) is 32.2 Å². The summed E-state index contributed by atoms with van der Waals surface area (Å²) in [4.78, 5) is 17.6. The molecule has 1 N–H and O–H groups in total. The van der Waals surface area contributed by atoms with Crippen molar-refractivity contribution in [1.29, 1.82) is 0 Å². The number of anilines is 1. The van der Waals surface area contributed by atoms with Crippen molar-refractivity contribution in [3.63, 3.8) is 0 Å². The lowest BCUT2D eigenvalue weighted by molar-refractivity contribution is 0.0697. The summed E-state index contributed by atoms with van der Waals surface area (Å²) in [5, 5.41) is 9.23. The second-order valence-electron chi connectivity index (χ2n) is 4.90. The summed E-state index contributed by atoms with van der Waals surface area (Å²) in [5.41, 5.74) is 0.236. The summed E-state index contributed by atoms with van der Waals surface area (Å²) in [7, 11) is 0. The first kappa shape index (κ1) is 12.4. The number of aromatic carboxylic acids is 1. The van der Waals surface area contributed by atoms with Crippen LogP contribution in [0.5, 0.6) is 0 Å². The Bertz CT molecular complexity index is 460. The van der Waals surface area contributed by atoms with Gasteiger partial charge < -0.3 is 10.0 Å². The fourth-order valence-corrected chi connectivity index (χ4v) is 2.64. The zero-order valence-corrected chi connectivity index (χ0v) is 11.5. The number of hydrogen-bond donors (Lipinski definition) is 1. The van der Waals surface area contributed by atoms with Gasteiger partial charge in [-0.05, 0) is 48.7 Å². The van der Waals surface area contributed by atoms with Gasteiger partial charge in [-0.1, -0.05) is 0 Å². The minimum absolute atomic E-state index is 0.0228. The Labute approximate surface area is 109 Å². The van der Waals surface area contributed by atoms with Crippen molar-refractivity contribution in [3.8, 4) is 0 Å². The minimum Gasteiger partial charge on any atom is -0.478 e. The molecule has 1 aliphatic heterocycles. The Morgan fingerprint density at radius 2 is 2.29 bits per heavy atom. The minimum atomic E-state index is -0.934. The lowest BCUT2D eigenvalue weighted by Gasteiger charge is -2.33. The molecule has 1 aliphatic rings. The van der Waals surface area contributed by atoms with Crippen LogP contribution in [0.3, 0.4) is 0 Å². The van der Waals surface area contributed by atoms with Crippen LogP contribution in [0.1, 0.15) is 37.0 Å². The fourth-order valence-electron chi connectivity index (χ4n) is 2.30. The number of hydrogen-bond acceptors (Lipinski definition) is 3. The van der Waals surface area contributed by atoms with Crippen molar-refractivity contribution in [1.82, 2.24) is 4.98 Å². The predicted molar refractivity (Wildman–Crippen MR) is 69.6 cm³/mol. The van der Waals surface area contributed by atoms with Crippen molar-refractivity contribution in [2.24, 2.45) is 0 Å². The maximum Gasteiger partial charge on any atom is 0.339 e. The molecule has 0 aromatic carbocycles. The summed E-state index contributed by atoms with van der Waals surface area (Å²) < 4.78 is 0.690. The number of carboxylic acid groups (broad SMARTS) is 1. The van der Waals surface area contributed by atoms with Crippen LogP contribution in [0.15, 0.2) is 16.7 Å². The summed E-state index contributed by atoms with van der Waals surface area (Å²) in [5.74, 6) is -0.361. The van der Waals surface area contributed by atoms with Crippen LogP contribution in [0, 0.1) is 0 Å². The van der Waals surface area contributed by atoms with E-state index in [1.807, 2.05) is 0 Å². The third-order valence-corrected chi connectivity index (χ3v) is 3.65. The van der Waals surface area contributed by atoms with Crippen LogP contribution >= 0.6 is 15.9 Å². The van der Waals surface area contributed by atoms with Gasteiger partial charge in [0.05, 0.1) is 0 Å². The average molecular weight is 299 g/mol. The molecule has 4 nitrogen and oxygen atoms in total. The summed E-state index contributed by atoms with van der Waals surface area (Å²) in [6.07, 6.45) is 3.78. The molecule has 0 amide bonds. The number of rotatable bonds is 2. The molecule has 0 unspecified atom stereocenters. The number of carbonyl (C=O) groups is 1. The largest absolute Gasteiger partial charge is 0.478 e. The lowest BCUT2D eigenvalue weighted by atomic mass is 10.0. The van der Waals surface area contributed by atoms with Gasteiger partial charge in [0.1, 0.15) is 11.4 Å². The van der Waals surface area contributed by atoms with E-state index in [1.165, 1.54) is 0 Å². The van der Waals surface area contributed by atoms with Crippen LogP contribution < -0.4 is 4.90 Å². The van der Waals surface area contributed by atoms with E-state index < -0.39 is 5.97 Å². The molecule has 92 valence electrons. The molecule has 0 radical (unpaired) electrons. The monoisotopic (exact) mass is 298 g/mol. The van der Waals surface area contributed by atoms with Crippen LogP contribution in [0.2, 0.25) is 0 Å². The summed E-state index contributed by atoms with van der Waals surface area (Å²) >= 11 is 3.26. The van der Waals surface area contributed by atoms with E-state index in [2.05, 4.69) is 39.7 Å². The Morgan fingerprint density at radius 3 is 2.82 bits per heavy atom. The SMILES string of the molecule is CC1(C)CCCN1c1ncc(Br)cc1C(=O)O. The van der Waals surface area contributed by atoms with Crippen LogP contribution in [-0.4, -0.2) is 28.1 Å². The van der Waals surface area contributed by atoms with Gasteiger partial charge in [0.15, 0.2) is 0 Å². The molecule has 1 aromatic heterocycles. The number of halogens is 1. The zero-order chi connectivity index (χ0) is 12.6. The standard InChI is InChI=1S/C12H15BrN2O2/c1-12(2)4-3-5-15(12)10-9(11(16)17)6-8(13)7-14-10/h6-7H,3-5H2,1-2H3,(H,16,17). The van der Waals surface area contributed by atoms with Crippen LogP contribution in [-0.2, 0) is 0 Å². The maximum atomic E-state index is 11.3. The second kappa shape index (κ2) is 4.29. The van der Waals surface area contributed by atoms with Gasteiger partial charge in [-0.2, -0.15) is 0 Å². The molecule has 2 rings (SSSR count). The number of aromatic nitrogens is 1. The van der Waals surface area contributed by atoms with Crippen LogP contribution in [0.25, 0.3) is 0 Å². The number of pyridine rings is 1. The maximum absolute atomic E-state index is 11.3. The molecule has 17 heavy (non-hydrogen) atoms. The molecule has 1 fully saturated rings.